The maximum absolute atomic E-state index is 16.8. The highest BCUT2D eigenvalue weighted by atomic mass is 16.6. The molecule has 394 valence electrons. The van der Waals surface area contributed by atoms with Crippen LogP contribution in [0.15, 0.2) is 63.8 Å². The fourth-order valence-electron chi connectivity index (χ4n) is 25.0. The third-order valence-electron chi connectivity index (χ3n) is 27.2. The Morgan fingerprint density at radius 1 is 0.797 bits per heavy atom. The number of hydrogen-bond acceptors (Lipinski definition) is 8. The Morgan fingerprint density at radius 3 is 2.38 bits per heavy atom. The molecule has 1 aromatic carbocycles. The number of fused-ring (bicyclic) bond motifs is 4. The second-order valence-electron chi connectivity index (χ2n) is 29.3. The number of aryl methyl sites for hydroxylation is 1. The molecule has 6 spiro atoms. The first-order chi connectivity index (χ1) is 36.1. The molecule has 3 saturated heterocycles. The molecule has 0 amide bonds. The number of nitrogens with two attached hydrogens (primary N) is 1. The van der Waals surface area contributed by atoms with E-state index in [1.807, 2.05) is 0 Å². The normalized spacial score (nSPS) is 46.6. The molecule has 6 saturated carbocycles. The molecule has 19 aliphatic rings. The van der Waals surface area contributed by atoms with Crippen LogP contribution >= 0.6 is 0 Å². The number of allylic oxidation sites excluding steroid dienone is 4. The number of carbonyl (C=O) groups excluding carboxylic acids is 2. The van der Waals surface area contributed by atoms with Gasteiger partial charge in [0.05, 0.1) is 11.0 Å². The van der Waals surface area contributed by atoms with Crippen LogP contribution in [0.4, 0.5) is 0 Å². The first-order valence-electron chi connectivity index (χ1n) is 31.5. The smallest absolute Gasteiger partial charge is 0.339 e. The Hall–Kier alpha value is -3.36. The number of rotatable bonds is 5. The second-order valence-corrected chi connectivity index (χ2v) is 29.3. The average molecular weight is 1000 g/mol. The third kappa shape index (κ3) is 5.25. The number of carbonyl (C=O) groups is 2. The number of aliphatic hydroxyl groups is 1. The van der Waals surface area contributed by atoms with Crippen molar-refractivity contribution >= 4 is 11.9 Å². The average Bonchev–Trinajstić information content (AvgIpc) is 4.32. The van der Waals surface area contributed by atoms with E-state index in [1.54, 1.807) is 22.4 Å². The Kier molecular flexibility index (Phi) is 9.54. The van der Waals surface area contributed by atoms with Crippen LogP contribution in [0.25, 0.3) is 0 Å². The highest BCUT2D eigenvalue weighted by Crippen LogP contribution is 2.89. The van der Waals surface area contributed by atoms with E-state index in [-0.39, 0.29) is 35.2 Å². The molecule has 10 aliphatic carbocycles. The Bertz CT molecular complexity index is 2760. The van der Waals surface area contributed by atoms with Gasteiger partial charge in [-0.3, -0.25) is 9.69 Å². The number of nitrogens with zero attached hydrogens (tertiary/aromatic N) is 2. The van der Waals surface area contributed by atoms with Gasteiger partial charge in [-0.15, -0.1) is 0 Å². The van der Waals surface area contributed by atoms with Crippen LogP contribution in [-0.2, 0) is 26.3 Å². The van der Waals surface area contributed by atoms with E-state index in [0.717, 1.165) is 62.9 Å². The van der Waals surface area contributed by atoms with Crippen LogP contribution in [0.3, 0.4) is 0 Å². The number of aliphatic hydroxyl groups excluding tert-OH is 1. The maximum Gasteiger partial charge on any atom is 0.339 e. The molecule has 3 N–H and O–H groups in total. The van der Waals surface area contributed by atoms with Crippen molar-refractivity contribution in [1.82, 2.24) is 9.80 Å². The molecule has 20 rings (SSSR count). The van der Waals surface area contributed by atoms with Crippen LogP contribution < -0.4 is 5.73 Å². The molecular weight excluding hydrogens is 915 g/mol. The van der Waals surface area contributed by atoms with E-state index in [1.165, 1.54) is 134 Å². The van der Waals surface area contributed by atoms with Crippen molar-refractivity contribution in [3.8, 4) is 0 Å². The van der Waals surface area contributed by atoms with Gasteiger partial charge in [-0.2, -0.15) is 0 Å². The van der Waals surface area contributed by atoms with Crippen molar-refractivity contribution in [2.24, 2.45) is 86.1 Å². The van der Waals surface area contributed by atoms with Gasteiger partial charge in [0.1, 0.15) is 11.2 Å². The second kappa shape index (κ2) is 15.5. The largest absolute Gasteiger partial charge is 0.509 e. The Morgan fingerprint density at radius 2 is 1.59 bits per heavy atom. The molecule has 14 bridgehead atoms. The summed E-state index contributed by atoms with van der Waals surface area (Å²) in [5, 5.41) is 14.0. The van der Waals surface area contributed by atoms with Gasteiger partial charge >= 0.3 is 11.9 Å². The van der Waals surface area contributed by atoms with E-state index in [2.05, 4.69) is 41.0 Å². The molecule has 74 heavy (non-hydrogen) atoms. The van der Waals surface area contributed by atoms with E-state index in [4.69, 9.17) is 15.2 Å². The molecule has 8 heteroatoms. The molecule has 14 atom stereocenters. The molecule has 8 nitrogen and oxygen atoms in total. The fraction of sp³-hybridized carbons (Fsp3) is 0.758. The molecule has 0 radical (unpaired) electrons. The summed E-state index contributed by atoms with van der Waals surface area (Å²) in [4.78, 5) is 38.3. The molecule has 9 fully saturated rings. The summed E-state index contributed by atoms with van der Waals surface area (Å²) in [5.74, 6) is 3.82. The Balaban J connectivity index is 0.943. The zero-order valence-corrected chi connectivity index (χ0v) is 44.8. The first-order valence-corrected chi connectivity index (χ1v) is 31.5. The minimum absolute atomic E-state index is 0.117. The molecule has 1 aromatic rings. The van der Waals surface area contributed by atoms with Crippen molar-refractivity contribution in [2.75, 3.05) is 26.2 Å². The van der Waals surface area contributed by atoms with Gasteiger partial charge in [-0.1, -0.05) is 92.9 Å². The van der Waals surface area contributed by atoms with Crippen molar-refractivity contribution < 1.29 is 24.2 Å². The van der Waals surface area contributed by atoms with Gasteiger partial charge in [0, 0.05) is 67.2 Å². The van der Waals surface area contributed by atoms with Crippen molar-refractivity contribution in [3.05, 3.63) is 80.5 Å². The molecule has 0 aromatic heterocycles. The lowest BCUT2D eigenvalue weighted by Crippen LogP contribution is -2.78. The van der Waals surface area contributed by atoms with Crippen molar-refractivity contribution in [1.29, 1.82) is 0 Å². The number of esters is 2. The topological polar surface area (TPSA) is 105 Å². The predicted octanol–water partition coefficient (Wildman–Crippen LogP) is 12.9. The van der Waals surface area contributed by atoms with Gasteiger partial charge in [0.2, 0.25) is 0 Å². The van der Waals surface area contributed by atoms with Gasteiger partial charge < -0.3 is 25.2 Å². The Labute approximate surface area is 441 Å². The lowest BCUT2D eigenvalue weighted by molar-refractivity contribution is -0.284. The molecule has 9 aliphatic heterocycles. The summed E-state index contributed by atoms with van der Waals surface area (Å²) in [5.41, 5.74) is 14.8. The highest BCUT2D eigenvalue weighted by Gasteiger charge is 2.94. The van der Waals surface area contributed by atoms with Crippen LogP contribution in [0.1, 0.15) is 202 Å². The zero-order chi connectivity index (χ0) is 49.3. The number of ether oxygens (including phenoxy) is 2. The van der Waals surface area contributed by atoms with Crippen LogP contribution in [0.5, 0.6) is 0 Å². The third-order valence-corrected chi connectivity index (χ3v) is 27.2. The van der Waals surface area contributed by atoms with Gasteiger partial charge in [0.25, 0.3) is 0 Å². The standard InChI is InChI=1S/C66H85N3O5/c1-38-27-43-16-17-50-45-28-39-35-68(37-45)51(46-32-61(20-5-6-21-61)62(33-46)22-7-8-23-62)31-52(70)58-64-25-19-47-55-48-34-63(38,56(47)57(43)69(50)36-39)24-18-42(48)29-44(40-11-3-2-4-12-40)30-53(65(55,64)60(72)73-58)66(64)49-15-9-13-41(14-10-26-67)54(49)59(71)74-66/h9,13,15,29,38-40,44-46,48,50-51,53,56,70H,2-8,10-12,14,16-28,30-37,67H2,1H3/b42-29?,58-52+/t38-,39-,44-,45+,48-,50-,51+,53+,56-,63-,64-,65-,66-/m1/s1. The quantitative estimate of drug-likeness (QED) is 0.222. The first kappa shape index (κ1) is 45.6. The highest BCUT2D eigenvalue weighted by molar-refractivity contribution is 6.00. The molecular formula is C66H85N3O5. The van der Waals surface area contributed by atoms with Crippen LogP contribution in [-0.4, -0.2) is 65.1 Å². The summed E-state index contributed by atoms with van der Waals surface area (Å²) < 4.78 is 14.9. The minimum atomic E-state index is -1.13. The minimum Gasteiger partial charge on any atom is -0.509 e. The lowest BCUT2D eigenvalue weighted by Gasteiger charge is -2.74. The number of hydrogen-bond donors (Lipinski definition) is 2. The van der Waals surface area contributed by atoms with Crippen molar-refractivity contribution in [2.45, 2.75) is 204 Å². The van der Waals surface area contributed by atoms with Gasteiger partial charge in [0.15, 0.2) is 11.4 Å². The van der Waals surface area contributed by atoms with E-state index < -0.39 is 16.4 Å². The summed E-state index contributed by atoms with van der Waals surface area (Å²) in [6.07, 6.45) is 35.6. The van der Waals surface area contributed by atoms with E-state index >= 15 is 9.59 Å². The summed E-state index contributed by atoms with van der Waals surface area (Å²) in [6.45, 7) is 6.57. The monoisotopic (exact) mass is 1000 g/mol. The van der Waals surface area contributed by atoms with Crippen LogP contribution in [0, 0.1) is 80.3 Å². The van der Waals surface area contributed by atoms with E-state index in [9.17, 15) is 5.11 Å². The fourth-order valence-corrected chi connectivity index (χ4v) is 25.0. The zero-order valence-electron chi connectivity index (χ0n) is 44.8. The number of benzene rings is 1. The number of piperidine rings is 2. The molecule has 1 unspecified atom stereocenters. The summed E-state index contributed by atoms with van der Waals surface area (Å²) in [6, 6.07) is 7.26. The lowest BCUT2D eigenvalue weighted by atomic mass is 9.26. The predicted molar refractivity (Wildman–Crippen MR) is 284 cm³/mol. The SMILES string of the molecule is C[C@@H]1CC2=C3[C@H]4C5=C6[C@@H]7C[C@@]41CCC7=C[C@@H](C1CCCCC1)C[C@H]1[C@]64C(=O)O/C(=C(/O)C[C@@H](C6CC7(CCCC7)C7(CCCC7)C6)N6C[C@H]7C[C@@H](C6)[C@@H](CC2)N3C7)[C@@]4(CC5)[C@]12OC(=O)c1c(CCCN)cccc12. The maximum atomic E-state index is 16.8. The summed E-state index contributed by atoms with van der Waals surface area (Å²) in [7, 11) is 0. The summed E-state index contributed by atoms with van der Waals surface area (Å²) >= 11 is 0. The van der Waals surface area contributed by atoms with Crippen LogP contribution in [0.2, 0.25) is 0 Å². The van der Waals surface area contributed by atoms with Crippen molar-refractivity contribution in [3.63, 3.8) is 0 Å². The van der Waals surface area contributed by atoms with Gasteiger partial charge in [-0.05, 0) is 198 Å². The van der Waals surface area contributed by atoms with Gasteiger partial charge in [-0.25, -0.2) is 4.79 Å². The molecule has 9 heterocycles. The van der Waals surface area contributed by atoms with E-state index in [0.29, 0.717) is 101 Å².